The fraction of sp³-hybridized carbons (Fsp3) is 0.286. The molecule has 2 rings (SSSR count). The summed E-state index contributed by atoms with van der Waals surface area (Å²) in [6.45, 7) is 1.55. The number of anilines is 2. The van der Waals surface area contributed by atoms with Gasteiger partial charge in [-0.1, -0.05) is 23.8 Å². The minimum atomic E-state index is -4.94. The molecule has 2 aromatic rings. The maximum atomic E-state index is 12.8. The van der Waals surface area contributed by atoms with Crippen LogP contribution in [0.2, 0.25) is 5.02 Å². The van der Waals surface area contributed by atoms with Crippen LogP contribution in [0, 0.1) is 0 Å². The number of benzene rings is 2. The van der Waals surface area contributed by atoms with Crippen LogP contribution in [0.3, 0.4) is 0 Å². The molecule has 0 aliphatic rings. The Balaban J connectivity index is 2.24. The highest BCUT2D eigenvalue weighted by Gasteiger charge is 2.32. The second-order valence-electron chi connectivity index (χ2n) is 6.51. The molecule has 0 saturated carbocycles. The zero-order valence-corrected chi connectivity index (χ0v) is 19.0. The fourth-order valence-electron chi connectivity index (χ4n) is 2.69. The quantitative estimate of drug-likeness (QED) is 0.393. The summed E-state index contributed by atoms with van der Waals surface area (Å²) in [5, 5.41) is 0.549. The maximum Gasteiger partial charge on any atom is 0.573 e. The number of alkyl halides is 3. The van der Waals surface area contributed by atoms with E-state index in [1.807, 2.05) is 0 Å². The molecule has 32 heavy (non-hydrogen) atoms. The van der Waals surface area contributed by atoms with E-state index in [0.29, 0.717) is 10.0 Å². The van der Waals surface area contributed by atoms with E-state index < -0.39 is 24.0 Å². The van der Waals surface area contributed by atoms with Crippen LogP contribution in [0.5, 0.6) is 5.75 Å². The van der Waals surface area contributed by atoms with E-state index in [1.165, 1.54) is 13.1 Å². The second-order valence-corrected chi connectivity index (χ2v) is 7.41. The predicted molar refractivity (Wildman–Crippen MR) is 120 cm³/mol. The van der Waals surface area contributed by atoms with Gasteiger partial charge in [0.1, 0.15) is 5.75 Å². The zero-order chi connectivity index (χ0) is 24.1. The lowest BCUT2D eigenvalue weighted by Crippen LogP contribution is -2.34. The summed E-state index contributed by atoms with van der Waals surface area (Å²) in [7, 11) is 3.07. The smallest absolute Gasteiger partial charge is 0.462 e. The lowest BCUT2D eigenvalue weighted by atomic mass is 10.1. The number of hydrogen-bond acceptors (Lipinski definition) is 5. The molecule has 0 N–H and O–H groups in total. The predicted octanol–water partition coefficient (Wildman–Crippen LogP) is 5.23. The highest BCUT2D eigenvalue weighted by Crippen LogP contribution is 2.30. The number of thiocarbonyl (C=S) groups is 1. The first-order valence-corrected chi connectivity index (χ1v) is 10.1. The minimum absolute atomic E-state index is 0.00371. The number of hydrogen-bond donors (Lipinski definition) is 0. The van der Waals surface area contributed by atoms with Gasteiger partial charge in [0.15, 0.2) is 0 Å². The summed E-state index contributed by atoms with van der Waals surface area (Å²) in [5.41, 5.74) is 0.525. The molecule has 0 atom stereocenters. The van der Waals surface area contributed by atoms with Gasteiger partial charge in [-0.2, -0.15) is 0 Å². The monoisotopic (exact) mass is 488 g/mol. The van der Waals surface area contributed by atoms with Crippen LogP contribution in [0.15, 0.2) is 42.5 Å². The minimum Gasteiger partial charge on any atom is -0.462 e. The van der Waals surface area contributed by atoms with Crippen LogP contribution >= 0.6 is 23.8 Å². The number of esters is 1. The van der Waals surface area contributed by atoms with Crippen molar-refractivity contribution in [2.75, 3.05) is 30.5 Å². The highest BCUT2D eigenvalue weighted by atomic mass is 35.5. The van der Waals surface area contributed by atoms with Crippen molar-refractivity contribution in [1.82, 2.24) is 0 Å². The Labute approximate surface area is 193 Å². The molecule has 6 nitrogen and oxygen atoms in total. The van der Waals surface area contributed by atoms with Gasteiger partial charge >= 0.3 is 12.3 Å². The van der Waals surface area contributed by atoms with Gasteiger partial charge in [0, 0.05) is 24.8 Å². The van der Waals surface area contributed by atoms with E-state index in [-0.39, 0.29) is 24.3 Å². The van der Waals surface area contributed by atoms with Crippen molar-refractivity contribution < 1.29 is 32.2 Å². The summed E-state index contributed by atoms with van der Waals surface area (Å²) in [4.78, 5) is 28.2. The molecular formula is C21H20ClF3N2O4S. The molecule has 1 amide bonds. The van der Waals surface area contributed by atoms with Crippen LogP contribution < -0.4 is 14.5 Å². The molecule has 0 fully saturated rings. The first-order chi connectivity index (χ1) is 14.9. The number of rotatable bonds is 7. The van der Waals surface area contributed by atoms with Gasteiger partial charge in [-0.25, -0.2) is 4.79 Å². The molecule has 0 spiro atoms. The number of amides is 1. The average molecular weight is 489 g/mol. The van der Waals surface area contributed by atoms with Crippen molar-refractivity contribution in [2.45, 2.75) is 19.7 Å². The van der Waals surface area contributed by atoms with E-state index >= 15 is 0 Å². The molecule has 0 bridgehead atoms. The van der Waals surface area contributed by atoms with E-state index in [2.05, 4.69) is 4.74 Å². The third-order valence-corrected chi connectivity index (χ3v) is 4.99. The first kappa shape index (κ1) is 25.4. The Bertz CT molecular complexity index is 1000. The summed E-state index contributed by atoms with van der Waals surface area (Å²) >= 11 is 11.2. The third kappa shape index (κ3) is 6.83. The Morgan fingerprint density at radius 2 is 1.69 bits per heavy atom. The van der Waals surface area contributed by atoms with Gasteiger partial charge in [0.25, 0.3) is 0 Å². The molecule has 0 radical (unpaired) electrons. The van der Waals surface area contributed by atoms with Crippen molar-refractivity contribution in [3.8, 4) is 5.75 Å². The molecule has 172 valence electrons. The molecule has 2 aromatic carbocycles. The number of carbonyl (C=O) groups is 2. The molecule has 0 heterocycles. The van der Waals surface area contributed by atoms with Gasteiger partial charge in [0.2, 0.25) is 5.91 Å². The van der Waals surface area contributed by atoms with E-state index in [4.69, 9.17) is 28.6 Å². The number of nitrogens with zero attached hydrogens (tertiary/aromatic N) is 2. The topological polar surface area (TPSA) is 59.1 Å². The van der Waals surface area contributed by atoms with Gasteiger partial charge in [-0.3, -0.25) is 4.79 Å². The Kier molecular flexibility index (Phi) is 8.45. The van der Waals surface area contributed by atoms with Gasteiger partial charge in [-0.15, -0.1) is 13.2 Å². The number of halogens is 4. The van der Waals surface area contributed by atoms with Crippen LogP contribution in [-0.4, -0.2) is 43.9 Å². The number of ether oxygens (including phenoxy) is 2. The van der Waals surface area contributed by atoms with E-state index in [0.717, 1.165) is 22.7 Å². The van der Waals surface area contributed by atoms with Crippen LogP contribution in [0.4, 0.5) is 24.5 Å². The first-order valence-electron chi connectivity index (χ1n) is 9.28. The summed E-state index contributed by atoms with van der Waals surface area (Å²) in [6, 6.07) is 9.90. The molecule has 0 unspecified atom stereocenters. The Hall–Kier alpha value is -2.85. The molecule has 0 aliphatic carbocycles. The fourth-order valence-corrected chi connectivity index (χ4v) is 3.04. The molecule has 11 heteroatoms. The van der Waals surface area contributed by atoms with E-state index in [1.54, 1.807) is 43.1 Å². The molecular weight excluding hydrogens is 469 g/mol. The van der Waals surface area contributed by atoms with Crippen LogP contribution in [0.25, 0.3) is 0 Å². The Morgan fingerprint density at radius 3 is 2.25 bits per heavy atom. The van der Waals surface area contributed by atoms with E-state index in [9.17, 15) is 22.8 Å². The summed E-state index contributed by atoms with van der Waals surface area (Å²) in [6.07, 6.45) is -5.12. The Morgan fingerprint density at radius 1 is 1.06 bits per heavy atom. The molecule has 0 aliphatic heterocycles. The van der Waals surface area contributed by atoms with Gasteiger partial charge < -0.3 is 19.3 Å². The van der Waals surface area contributed by atoms with Crippen molar-refractivity contribution in [2.24, 2.45) is 0 Å². The second kappa shape index (κ2) is 10.6. The summed E-state index contributed by atoms with van der Waals surface area (Å²) < 4.78 is 46.5. The van der Waals surface area contributed by atoms with Crippen molar-refractivity contribution in [3.63, 3.8) is 0 Å². The van der Waals surface area contributed by atoms with Crippen molar-refractivity contribution in [3.05, 3.63) is 53.1 Å². The maximum absolute atomic E-state index is 12.8. The largest absolute Gasteiger partial charge is 0.573 e. The van der Waals surface area contributed by atoms with Crippen LogP contribution in [0.1, 0.15) is 23.7 Å². The highest BCUT2D eigenvalue weighted by molar-refractivity contribution is 7.80. The summed E-state index contributed by atoms with van der Waals surface area (Å²) in [5.74, 6) is -1.98. The van der Waals surface area contributed by atoms with Crippen LogP contribution in [-0.2, 0) is 9.53 Å². The van der Waals surface area contributed by atoms with Gasteiger partial charge in [-0.05, 0) is 49.4 Å². The standard InChI is InChI=1S/C21H20ClF3N2O4S/c1-4-30-20(29)16-11-15(31-21(23,24)25)9-10-17(16)27(3)18(28)12-19(32)26(2)14-7-5-13(22)6-8-14/h5-11H,4,12H2,1-3H3. The molecule has 0 saturated heterocycles. The van der Waals surface area contributed by atoms with Gasteiger partial charge in [0.05, 0.1) is 29.3 Å². The lowest BCUT2D eigenvalue weighted by Gasteiger charge is -2.24. The zero-order valence-electron chi connectivity index (χ0n) is 17.4. The third-order valence-electron chi connectivity index (χ3n) is 4.32. The van der Waals surface area contributed by atoms with Crippen molar-refractivity contribution >= 4 is 52.1 Å². The normalized spacial score (nSPS) is 11.0. The SMILES string of the molecule is CCOC(=O)c1cc(OC(F)(F)F)ccc1N(C)C(=O)CC(=S)N(C)c1ccc(Cl)cc1. The lowest BCUT2D eigenvalue weighted by molar-refractivity contribution is -0.274. The average Bonchev–Trinajstić information content (AvgIpc) is 2.72. The number of carbonyl (C=O) groups excluding carboxylic acids is 2. The molecule has 0 aromatic heterocycles. The van der Waals surface area contributed by atoms with Crippen molar-refractivity contribution in [1.29, 1.82) is 0 Å².